The van der Waals surface area contributed by atoms with E-state index in [1.54, 1.807) is 11.8 Å². The average Bonchev–Trinajstić information content (AvgIpc) is 2.50. The summed E-state index contributed by atoms with van der Waals surface area (Å²) in [7, 11) is 0. The number of hydrogen-bond acceptors (Lipinski definition) is 3. The summed E-state index contributed by atoms with van der Waals surface area (Å²) < 4.78 is 1.08. The lowest BCUT2D eigenvalue weighted by atomic mass is 9.96. The second-order valence-corrected chi connectivity index (χ2v) is 7.49. The molecule has 116 valence electrons. The molecule has 1 heterocycles. The minimum absolute atomic E-state index is 0.170. The zero-order valence-corrected chi connectivity index (χ0v) is 14.6. The lowest BCUT2D eigenvalue weighted by molar-refractivity contribution is -0.120. The van der Waals surface area contributed by atoms with Crippen molar-refractivity contribution in [1.29, 1.82) is 0 Å². The van der Waals surface area contributed by atoms with Crippen molar-refractivity contribution in [2.45, 2.75) is 30.6 Å². The van der Waals surface area contributed by atoms with Crippen LogP contribution in [-0.4, -0.2) is 31.3 Å². The zero-order valence-electron chi connectivity index (χ0n) is 12.2. The summed E-state index contributed by atoms with van der Waals surface area (Å²) in [6.07, 6.45) is 4.24. The first-order valence-electron chi connectivity index (χ1n) is 7.60. The molecule has 0 aliphatic carbocycles. The van der Waals surface area contributed by atoms with Crippen LogP contribution in [0.4, 0.5) is 0 Å². The van der Waals surface area contributed by atoms with E-state index in [9.17, 15) is 4.79 Å². The first kappa shape index (κ1) is 16.8. The maximum atomic E-state index is 11.8. The Morgan fingerprint density at radius 2 is 2.19 bits per heavy atom. The number of nitrogens with one attached hydrogen (secondary N) is 2. The minimum atomic E-state index is 0.170. The van der Waals surface area contributed by atoms with Gasteiger partial charge in [-0.05, 0) is 62.5 Å². The first-order valence-corrected chi connectivity index (χ1v) is 9.37. The summed E-state index contributed by atoms with van der Waals surface area (Å²) in [4.78, 5) is 13.0. The van der Waals surface area contributed by atoms with Gasteiger partial charge in [0, 0.05) is 28.1 Å². The summed E-state index contributed by atoms with van der Waals surface area (Å²) in [6, 6.07) is 8.20. The molecule has 0 bridgehead atoms. The van der Waals surface area contributed by atoms with Crippen LogP contribution >= 0.6 is 27.7 Å². The van der Waals surface area contributed by atoms with Crippen molar-refractivity contribution in [3.05, 3.63) is 28.7 Å². The van der Waals surface area contributed by atoms with Gasteiger partial charge < -0.3 is 10.6 Å². The number of halogens is 1. The highest BCUT2D eigenvalue weighted by Crippen LogP contribution is 2.21. The van der Waals surface area contributed by atoms with Crippen molar-refractivity contribution >= 4 is 33.6 Å². The van der Waals surface area contributed by atoms with E-state index in [0.29, 0.717) is 6.42 Å². The number of carbonyl (C=O) groups excluding carboxylic acids is 1. The van der Waals surface area contributed by atoms with Gasteiger partial charge in [0.25, 0.3) is 0 Å². The Balaban J connectivity index is 1.54. The molecule has 0 aromatic heterocycles. The summed E-state index contributed by atoms with van der Waals surface area (Å²) >= 11 is 5.15. The second kappa shape index (κ2) is 9.49. The van der Waals surface area contributed by atoms with Crippen LogP contribution in [0.2, 0.25) is 0 Å². The van der Waals surface area contributed by atoms with E-state index in [-0.39, 0.29) is 5.91 Å². The van der Waals surface area contributed by atoms with Gasteiger partial charge in [-0.3, -0.25) is 4.79 Å². The van der Waals surface area contributed by atoms with Gasteiger partial charge in [-0.2, -0.15) is 0 Å². The van der Waals surface area contributed by atoms with Crippen LogP contribution in [0.5, 0.6) is 0 Å². The van der Waals surface area contributed by atoms with E-state index < -0.39 is 0 Å². The van der Waals surface area contributed by atoms with E-state index in [2.05, 4.69) is 38.7 Å². The van der Waals surface area contributed by atoms with E-state index in [4.69, 9.17) is 0 Å². The van der Waals surface area contributed by atoms with Crippen molar-refractivity contribution in [3.63, 3.8) is 0 Å². The number of carbonyl (C=O) groups is 1. The normalized spacial score (nSPS) is 18.4. The van der Waals surface area contributed by atoms with Crippen molar-refractivity contribution in [3.8, 4) is 0 Å². The molecule has 2 N–H and O–H groups in total. The molecule has 1 saturated heterocycles. The Morgan fingerprint density at radius 1 is 1.38 bits per heavy atom. The molecule has 1 unspecified atom stereocenters. The molecule has 5 heteroatoms. The van der Waals surface area contributed by atoms with Crippen LogP contribution in [0.15, 0.2) is 33.6 Å². The maximum absolute atomic E-state index is 11.8. The van der Waals surface area contributed by atoms with Crippen LogP contribution in [0.3, 0.4) is 0 Å². The quantitative estimate of drug-likeness (QED) is 0.722. The van der Waals surface area contributed by atoms with Crippen LogP contribution < -0.4 is 10.6 Å². The van der Waals surface area contributed by atoms with Gasteiger partial charge >= 0.3 is 0 Å². The highest BCUT2D eigenvalue weighted by Gasteiger charge is 2.12. The summed E-state index contributed by atoms with van der Waals surface area (Å²) in [5.41, 5.74) is 0. The van der Waals surface area contributed by atoms with Gasteiger partial charge in [0.05, 0.1) is 0 Å². The summed E-state index contributed by atoms with van der Waals surface area (Å²) in [5, 5.41) is 6.45. The molecule has 2 rings (SSSR count). The third-order valence-electron chi connectivity index (χ3n) is 3.69. The predicted octanol–water partition coefficient (Wildman–Crippen LogP) is 3.44. The molecular formula is C16H23BrN2OS. The Hall–Kier alpha value is -0.520. The van der Waals surface area contributed by atoms with Crippen molar-refractivity contribution in [1.82, 2.24) is 10.6 Å². The molecular weight excluding hydrogens is 348 g/mol. The van der Waals surface area contributed by atoms with Gasteiger partial charge in [0.1, 0.15) is 0 Å². The molecule has 1 aromatic rings. The van der Waals surface area contributed by atoms with Crippen molar-refractivity contribution < 1.29 is 4.79 Å². The van der Waals surface area contributed by atoms with E-state index in [0.717, 1.165) is 42.2 Å². The number of thioether (sulfide) groups is 1. The third-order valence-corrected chi connectivity index (χ3v) is 5.23. The van der Waals surface area contributed by atoms with Gasteiger partial charge in [-0.1, -0.05) is 15.9 Å². The fraction of sp³-hybridized carbons (Fsp3) is 0.562. The molecule has 0 saturated carbocycles. The average molecular weight is 371 g/mol. The number of piperidine rings is 1. The predicted molar refractivity (Wildman–Crippen MR) is 92.7 cm³/mol. The Morgan fingerprint density at radius 3 is 2.90 bits per heavy atom. The minimum Gasteiger partial charge on any atom is -0.356 e. The lowest BCUT2D eigenvalue weighted by Gasteiger charge is -2.22. The molecule has 1 aliphatic rings. The Kier molecular flexibility index (Phi) is 7.61. The van der Waals surface area contributed by atoms with E-state index >= 15 is 0 Å². The molecule has 1 aliphatic heterocycles. The van der Waals surface area contributed by atoms with Crippen molar-refractivity contribution in [2.75, 3.05) is 25.4 Å². The van der Waals surface area contributed by atoms with Crippen LogP contribution in [-0.2, 0) is 4.79 Å². The van der Waals surface area contributed by atoms with Crippen LogP contribution in [0, 0.1) is 5.92 Å². The van der Waals surface area contributed by atoms with Gasteiger partial charge in [-0.25, -0.2) is 0 Å². The fourth-order valence-electron chi connectivity index (χ4n) is 2.47. The maximum Gasteiger partial charge on any atom is 0.220 e. The number of amides is 1. The molecule has 1 aromatic carbocycles. The summed E-state index contributed by atoms with van der Waals surface area (Å²) in [5.74, 6) is 1.73. The van der Waals surface area contributed by atoms with Crippen LogP contribution in [0.1, 0.15) is 25.7 Å². The van der Waals surface area contributed by atoms with Gasteiger partial charge in [0.2, 0.25) is 5.91 Å². The molecule has 3 nitrogen and oxygen atoms in total. The molecule has 21 heavy (non-hydrogen) atoms. The standard InChI is InChI=1S/C16H23BrN2OS/c17-14-3-5-15(6-4-14)21-11-8-16(20)19-10-7-13-2-1-9-18-12-13/h3-6,13,18H,1-2,7-12H2,(H,19,20). The molecule has 1 amide bonds. The monoisotopic (exact) mass is 370 g/mol. The highest BCUT2D eigenvalue weighted by atomic mass is 79.9. The largest absolute Gasteiger partial charge is 0.356 e. The SMILES string of the molecule is O=C(CCSc1ccc(Br)cc1)NCCC1CCCNC1. The smallest absolute Gasteiger partial charge is 0.220 e. The number of hydrogen-bond donors (Lipinski definition) is 2. The van der Waals surface area contributed by atoms with E-state index in [1.165, 1.54) is 17.7 Å². The fourth-order valence-corrected chi connectivity index (χ4v) is 3.58. The van der Waals surface area contributed by atoms with Gasteiger partial charge in [0.15, 0.2) is 0 Å². The lowest BCUT2D eigenvalue weighted by Crippen LogP contribution is -2.33. The number of rotatable bonds is 7. The van der Waals surface area contributed by atoms with Crippen molar-refractivity contribution in [2.24, 2.45) is 5.92 Å². The third kappa shape index (κ3) is 6.85. The van der Waals surface area contributed by atoms with Gasteiger partial charge in [-0.15, -0.1) is 11.8 Å². The Labute approximate surface area is 139 Å². The molecule has 1 fully saturated rings. The molecule has 0 radical (unpaired) electrons. The van der Waals surface area contributed by atoms with Crippen LogP contribution in [0.25, 0.3) is 0 Å². The second-order valence-electron chi connectivity index (χ2n) is 5.40. The molecule has 0 spiro atoms. The highest BCUT2D eigenvalue weighted by molar-refractivity contribution is 9.10. The Bertz CT molecular complexity index is 432. The van der Waals surface area contributed by atoms with E-state index in [1.807, 2.05) is 12.1 Å². The zero-order chi connectivity index (χ0) is 14.9. The topological polar surface area (TPSA) is 41.1 Å². The number of benzene rings is 1. The summed E-state index contributed by atoms with van der Waals surface area (Å²) in [6.45, 7) is 3.07. The first-order chi connectivity index (χ1) is 10.2. The molecule has 1 atom stereocenters.